The molecule has 1 aliphatic rings. The summed E-state index contributed by atoms with van der Waals surface area (Å²) in [6, 6.07) is 19.2. The van der Waals surface area contributed by atoms with Crippen molar-refractivity contribution in [1.29, 1.82) is 0 Å². The van der Waals surface area contributed by atoms with Gasteiger partial charge in [0.25, 0.3) is 0 Å². The first-order valence-electron chi connectivity index (χ1n) is 9.03. The van der Waals surface area contributed by atoms with E-state index in [-0.39, 0.29) is 32.3 Å². The minimum atomic E-state index is -0.566. The Balaban J connectivity index is 1.65. The zero-order chi connectivity index (χ0) is 19.1. The fourth-order valence-electron chi connectivity index (χ4n) is 3.04. The zero-order valence-corrected chi connectivity index (χ0v) is 17.0. The molecule has 0 saturated carbocycles. The third-order valence-corrected chi connectivity index (χ3v) is 6.86. The fourth-order valence-corrected chi connectivity index (χ4v) is 5.58. The van der Waals surface area contributed by atoms with E-state index in [0.717, 1.165) is 5.56 Å². The van der Waals surface area contributed by atoms with Crippen LogP contribution in [0.4, 0.5) is 4.79 Å². The van der Waals surface area contributed by atoms with Gasteiger partial charge >= 0.3 is 166 Å². The number of esters is 1. The van der Waals surface area contributed by atoms with Crippen LogP contribution >= 0.6 is 0 Å². The van der Waals surface area contributed by atoms with Crippen molar-refractivity contribution < 1.29 is 19.1 Å². The summed E-state index contributed by atoms with van der Waals surface area (Å²) in [5, 5.41) is 0. The molecule has 6 heteroatoms. The molecule has 1 heterocycles. The molecule has 0 unspecified atom stereocenters. The van der Waals surface area contributed by atoms with E-state index in [9.17, 15) is 9.59 Å². The number of rotatable bonds is 6. The van der Waals surface area contributed by atoms with Crippen LogP contribution in [-0.2, 0) is 20.9 Å². The summed E-state index contributed by atoms with van der Waals surface area (Å²) in [7, 11) is 0. The van der Waals surface area contributed by atoms with Crippen molar-refractivity contribution in [1.82, 2.24) is 4.90 Å². The molecule has 142 valence electrons. The second-order valence-electron chi connectivity index (χ2n) is 6.25. The van der Waals surface area contributed by atoms with Crippen LogP contribution in [0.3, 0.4) is 0 Å². The van der Waals surface area contributed by atoms with Gasteiger partial charge in [-0.25, -0.2) is 0 Å². The monoisotopic (exact) mass is 433 g/mol. The quantitative estimate of drug-likeness (QED) is 0.521. The number of carbonyl (C=O) groups is 2. The van der Waals surface area contributed by atoms with Crippen LogP contribution in [0.2, 0.25) is 4.82 Å². The molecule has 2 atom stereocenters. The number of amides is 1. The number of nitrogens with zero attached hydrogens (tertiary/aromatic N) is 1. The molecule has 0 N–H and O–H groups in total. The molecule has 1 saturated heterocycles. The van der Waals surface area contributed by atoms with Crippen molar-refractivity contribution in [2.75, 3.05) is 13.2 Å². The van der Waals surface area contributed by atoms with Crippen molar-refractivity contribution in [3.05, 3.63) is 66.2 Å². The molecule has 0 aromatic heterocycles. The number of likely N-dealkylation sites (tertiary alicyclic amines) is 1. The van der Waals surface area contributed by atoms with E-state index in [4.69, 9.17) is 9.47 Å². The van der Waals surface area contributed by atoms with E-state index in [1.807, 2.05) is 48.5 Å². The molecule has 1 fully saturated rings. The molecule has 3 rings (SSSR count). The average molecular weight is 432 g/mol. The molecule has 27 heavy (non-hydrogen) atoms. The van der Waals surface area contributed by atoms with Crippen LogP contribution in [-0.4, -0.2) is 51.1 Å². The fraction of sp³-hybridized carbons (Fsp3) is 0.333. The van der Waals surface area contributed by atoms with Crippen LogP contribution in [0.25, 0.3) is 0 Å². The molecule has 2 aromatic rings. The summed E-state index contributed by atoms with van der Waals surface area (Å²) in [6.07, 6.45) is 0.164. The Labute approximate surface area is 165 Å². The van der Waals surface area contributed by atoms with Gasteiger partial charge in [-0.3, -0.25) is 0 Å². The van der Waals surface area contributed by atoms with Crippen LogP contribution in [0.5, 0.6) is 0 Å². The minimum absolute atomic E-state index is 0.181. The molecular formula is C21H23NO4Se. The Hall–Kier alpha value is -2.30. The van der Waals surface area contributed by atoms with Gasteiger partial charge in [-0.1, -0.05) is 0 Å². The van der Waals surface area contributed by atoms with E-state index in [2.05, 4.69) is 12.1 Å². The van der Waals surface area contributed by atoms with Gasteiger partial charge in [-0.2, -0.15) is 0 Å². The van der Waals surface area contributed by atoms with E-state index in [1.165, 1.54) is 9.36 Å². The first kappa shape index (κ1) is 19.5. The van der Waals surface area contributed by atoms with Crippen LogP contribution < -0.4 is 4.46 Å². The number of ether oxygens (including phenoxy) is 2. The van der Waals surface area contributed by atoms with Gasteiger partial charge in [0, 0.05) is 0 Å². The van der Waals surface area contributed by atoms with Crippen LogP contribution in [0, 0.1) is 0 Å². The SMILES string of the molecule is CCOC(=O)[C@@H]1C[C@H]([Se]c2ccccc2)CN1C(=O)OCc1ccccc1. The first-order chi connectivity index (χ1) is 13.2. The summed E-state index contributed by atoms with van der Waals surface area (Å²) in [4.78, 5) is 26.8. The predicted molar refractivity (Wildman–Crippen MR) is 104 cm³/mol. The summed E-state index contributed by atoms with van der Waals surface area (Å²) < 4.78 is 11.9. The Morgan fingerprint density at radius 3 is 2.37 bits per heavy atom. The zero-order valence-electron chi connectivity index (χ0n) is 15.2. The summed E-state index contributed by atoms with van der Waals surface area (Å²) >= 11 is 0.181. The molecule has 0 spiro atoms. The molecule has 5 nitrogen and oxygen atoms in total. The molecule has 0 aliphatic carbocycles. The van der Waals surface area contributed by atoms with Gasteiger partial charge < -0.3 is 0 Å². The van der Waals surface area contributed by atoms with Gasteiger partial charge in [0.15, 0.2) is 0 Å². The van der Waals surface area contributed by atoms with E-state index in [0.29, 0.717) is 19.6 Å². The van der Waals surface area contributed by atoms with Gasteiger partial charge in [-0.15, -0.1) is 0 Å². The number of benzene rings is 2. The van der Waals surface area contributed by atoms with Crippen LogP contribution in [0.15, 0.2) is 60.7 Å². The summed E-state index contributed by atoms with van der Waals surface area (Å²) in [5.74, 6) is -0.347. The predicted octanol–water partition coefficient (Wildman–Crippen LogP) is 2.78. The van der Waals surface area contributed by atoms with Crippen molar-refractivity contribution in [3.63, 3.8) is 0 Å². The number of carbonyl (C=O) groups excluding carboxylic acids is 2. The van der Waals surface area contributed by atoms with Gasteiger partial charge in [0.05, 0.1) is 0 Å². The number of hydrogen-bond acceptors (Lipinski definition) is 4. The van der Waals surface area contributed by atoms with Crippen LogP contribution in [0.1, 0.15) is 18.9 Å². The third kappa shape index (κ3) is 5.34. The average Bonchev–Trinajstić information content (AvgIpc) is 3.12. The van der Waals surface area contributed by atoms with E-state index in [1.54, 1.807) is 6.92 Å². The summed E-state index contributed by atoms with van der Waals surface area (Å²) in [6.45, 7) is 2.79. The van der Waals surface area contributed by atoms with Crippen molar-refractivity contribution >= 4 is 31.5 Å². The normalized spacial score (nSPS) is 18.9. The standard InChI is InChI=1S/C21H23NO4Se/c1-2-25-20(23)19-13-18(27-17-11-7-4-8-12-17)14-22(19)21(24)26-15-16-9-5-3-6-10-16/h3-12,18-19H,2,13-15H2,1H3/t18-,19-/m0/s1. The Kier molecular flexibility index (Phi) is 6.91. The number of hydrogen-bond donors (Lipinski definition) is 0. The molecule has 0 radical (unpaired) electrons. The Morgan fingerprint density at radius 2 is 1.70 bits per heavy atom. The Bertz CT molecular complexity index is 753. The second kappa shape index (κ2) is 9.58. The molecule has 1 amide bonds. The molecular weight excluding hydrogens is 409 g/mol. The van der Waals surface area contributed by atoms with Crippen molar-refractivity contribution in [2.45, 2.75) is 30.8 Å². The molecule has 1 aliphatic heterocycles. The van der Waals surface area contributed by atoms with E-state index >= 15 is 0 Å². The third-order valence-electron chi connectivity index (χ3n) is 4.31. The topological polar surface area (TPSA) is 55.8 Å². The maximum absolute atomic E-state index is 12.6. The Morgan fingerprint density at radius 1 is 1.04 bits per heavy atom. The van der Waals surface area contributed by atoms with E-state index < -0.39 is 12.1 Å². The van der Waals surface area contributed by atoms with Gasteiger partial charge in [-0.05, 0) is 0 Å². The molecule has 0 bridgehead atoms. The van der Waals surface area contributed by atoms with Crippen molar-refractivity contribution in [2.24, 2.45) is 0 Å². The maximum atomic E-state index is 12.6. The van der Waals surface area contributed by atoms with Crippen molar-refractivity contribution in [3.8, 4) is 0 Å². The molecule has 2 aromatic carbocycles. The first-order valence-corrected chi connectivity index (χ1v) is 10.9. The second-order valence-corrected chi connectivity index (χ2v) is 9.13. The van der Waals surface area contributed by atoms with Gasteiger partial charge in [0.2, 0.25) is 0 Å². The van der Waals surface area contributed by atoms with Gasteiger partial charge in [0.1, 0.15) is 0 Å². The summed E-state index contributed by atoms with van der Waals surface area (Å²) in [5.41, 5.74) is 0.919.